The predicted octanol–water partition coefficient (Wildman–Crippen LogP) is 6.13. The third kappa shape index (κ3) is 9.10. The van der Waals surface area contributed by atoms with Crippen molar-refractivity contribution in [1.82, 2.24) is 10.6 Å². The Hall–Kier alpha value is -4.42. The number of hydrogen-bond donors (Lipinski definition) is 3. The van der Waals surface area contributed by atoms with Crippen LogP contribution in [0.4, 0.5) is 31.1 Å². The van der Waals surface area contributed by atoms with Gasteiger partial charge in [-0.1, -0.05) is 54.6 Å². The number of carboxylic acid groups (broad SMARTS) is 1. The Morgan fingerprint density at radius 3 is 1.75 bits per heavy atom. The van der Waals surface area contributed by atoms with Gasteiger partial charge in [-0.3, -0.25) is 4.79 Å². The summed E-state index contributed by atoms with van der Waals surface area (Å²) in [6, 6.07) is 17.0. The van der Waals surface area contributed by atoms with Crippen LogP contribution in [-0.4, -0.2) is 36.4 Å². The number of rotatable bonds is 11. The fourth-order valence-electron chi connectivity index (χ4n) is 4.06. The van der Waals surface area contributed by atoms with Gasteiger partial charge in [-0.05, 0) is 47.4 Å². The van der Waals surface area contributed by atoms with Crippen LogP contribution in [0.3, 0.4) is 0 Å². The van der Waals surface area contributed by atoms with E-state index in [0.29, 0.717) is 5.56 Å². The lowest BCUT2D eigenvalue weighted by molar-refractivity contribution is -0.275. The van der Waals surface area contributed by atoms with Gasteiger partial charge in [0.05, 0.1) is 5.54 Å². The monoisotopic (exact) mass is 570 g/mol. The number of hydrogen-bond acceptors (Lipinski definition) is 4. The van der Waals surface area contributed by atoms with Crippen molar-refractivity contribution in [2.75, 3.05) is 6.54 Å². The molecule has 214 valence electrons. The Labute approximate surface area is 224 Å². The van der Waals surface area contributed by atoms with E-state index in [0.717, 1.165) is 24.3 Å². The molecule has 0 aliphatic carbocycles. The van der Waals surface area contributed by atoms with Gasteiger partial charge in [0, 0.05) is 19.4 Å². The average molecular weight is 570 g/mol. The molecule has 0 saturated carbocycles. The lowest BCUT2D eigenvalue weighted by atomic mass is 9.77. The zero-order valence-electron chi connectivity index (χ0n) is 20.7. The van der Waals surface area contributed by atoms with E-state index in [2.05, 4.69) is 20.1 Å². The zero-order chi connectivity index (χ0) is 29.4. The van der Waals surface area contributed by atoms with E-state index in [1.165, 1.54) is 24.3 Å². The fraction of sp³-hybridized carbons (Fsp3) is 0.259. The molecular weight excluding hydrogens is 546 g/mol. The molecule has 0 fully saturated rings. The maximum atomic E-state index is 13.1. The van der Waals surface area contributed by atoms with Crippen molar-refractivity contribution < 1.29 is 50.5 Å². The van der Waals surface area contributed by atoms with Crippen LogP contribution in [0.15, 0.2) is 78.9 Å². The first-order valence-electron chi connectivity index (χ1n) is 11.8. The van der Waals surface area contributed by atoms with Crippen molar-refractivity contribution in [1.29, 1.82) is 0 Å². The molecule has 7 nitrogen and oxygen atoms in total. The lowest BCUT2D eigenvalue weighted by Crippen LogP contribution is -2.52. The molecule has 0 radical (unpaired) electrons. The number of halogens is 6. The minimum atomic E-state index is -5.03. The van der Waals surface area contributed by atoms with Gasteiger partial charge in [0.25, 0.3) is 0 Å². The lowest BCUT2D eigenvalue weighted by Gasteiger charge is -2.37. The van der Waals surface area contributed by atoms with Crippen LogP contribution in [-0.2, 0) is 16.8 Å². The van der Waals surface area contributed by atoms with Crippen LogP contribution in [0.25, 0.3) is 0 Å². The molecule has 3 aromatic rings. The first-order chi connectivity index (χ1) is 18.8. The summed E-state index contributed by atoms with van der Waals surface area (Å²) >= 11 is 0. The van der Waals surface area contributed by atoms with Crippen molar-refractivity contribution >= 4 is 12.0 Å². The summed E-state index contributed by atoms with van der Waals surface area (Å²) in [5.41, 5.74) is -1.04. The number of carboxylic acids is 1. The van der Waals surface area contributed by atoms with Gasteiger partial charge in [0.2, 0.25) is 0 Å². The molecule has 13 heteroatoms. The Balaban J connectivity index is 2.16. The minimum Gasteiger partial charge on any atom is -0.481 e. The van der Waals surface area contributed by atoms with Gasteiger partial charge in [-0.25, -0.2) is 4.79 Å². The van der Waals surface area contributed by atoms with Crippen LogP contribution in [0.1, 0.15) is 29.5 Å². The molecule has 3 rings (SSSR count). The summed E-state index contributed by atoms with van der Waals surface area (Å²) in [7, 11) is 0. The van der Waals surface area contributed by atoms with E-state index < -0.39 is 41.8 Å². The molecule has 0 bridgehead atoms. The van der Waals surface area contributed by atoms with Crippen LogP contribution in [0, 0.1) is 0 Å². The molecule has 0 heterocycles. The fourth-order valence-corrected chi connectivity index (χ4v) is 4.06. The van der Waals surface area contributed by atoms with Crippen LogP contribution < -0.4 is 20.1 Å². The number of benzene rings is 3. The Bertz CT molecular complexity index is 1240. The molecule has 2 amide bonds. The number of alkyl halides is 6. The molecule has 40 heavy (non-hydrogen) atoms. The molecule has 0 spiro atoms. The average Bonchev–Trinajstić information content (AvgIpc) is 2.85. The van der Waals surface area contributed by atoms with E-state index >= 15 is 0 Å². The number of ether oxygens (including phenoxy) is 2. The van der Waals surface area contributed by atoms with Crippen molar-refractivity contribution in [3.8, 4) is 11.5 Å². The quantitative estimate of drug-likeness (QED) is 0.190. The summed E-state index contributed by atoms with van der Waals surface area (Å²) < 4.78 is 86.3. The minimum absolute atomic E-state index is 0.0583. The van der Waals surface area contributed by atoms with Crippen molar-refractivity contribution in [3.63, 3.8) is 0 Å². The van der Waals surface area contributed by atoms with Gasteiger partial charge >= 0.3 is 24.7 Å². The zero-order valence-corrected chi connectivity index (χ0v) is 20.7. The Morgan fingerprint density at radius 1 is 0.750 bits per heavy atom. The highest BCUT2D eigenvalue weighted by Gasteiger charge is 2.39. The van der Waals surface area contributed by atoms with Crippen LogP contribution in [0.2, 0.25) is 0 Å². The standard InChI is InChI=1S/C27H24F6N2O5/c28-26(29,30)39-21-11-4-9-19(15-21)25(17-18-7-2-1-3-8-18,35-24(38)34-14-6-13-23(36)37)20-10-5-12-22(16-20)40-27(31,32)33/h1-5,7-12,15-16H,6,13-14,17H2,(H,36,37)(H2,34,35,38). The van der Waals surface area contributed by atoms with Gasteiger partial charge in [-0.15, -0.1) is 26.3 Å². The molecular formula is C27H24F6N2O5. The molecule has 0 aromatic heterocycles. The summed E-state index contributed by atoms with van der Waals surface area (Å²) in [5.74, 6) is -2.31. The van der Waals surface area contributed by atoms with E-state index in [1.807, 2.05) is 0 Å². The largest absolute Gasteiger partial charge is 0.573 e. The second-order valence-corrected chi connectivity index (χ2v) is 8.60. The number of carbonyl (C=O) groups is 2. The maximum Gasteiger partial charge on any atom is 0.573 e. The third-order valence-corrected chi connectivity index (χ3v) is 5.61. The van der Waals surface area contributed by atoms with E-state index in [9.17, 15) is 35.9 Å². The topological polar surface area (TPSA) is 96.9 Å². The number of urea groups is 1. The van der Waals surface area contributed by atoms with E-state index in [-0.39, 0.29) is 36.9 Å². The number of nitrogens with one attached hydrogen (secondary N) is 2. The molecule has 0 atom stereocenters. The van der Waals surface area contributed by atoms with Gasteiger partial charge in [0.1, 0.15) is 11.5 Å². The highest BCUT2D eigenvalue weighted by molar-refractivity contribution is 5.76. The van der Waals surface area contributed by atoms with Crippen LogP contribution >= 0.6 is 0 Å². The van der Waals surface area contributed by atoms with E-state index in [1.54, 1.807) is 30.3 Å². The predicted molar refractivity (Wildman–Crippen MR) is 131 cm³/mol. The second-order valence-electron chi connectivity index (χ2n) is 8.60. The molecule has 3 N–H and O–H groups in total. The summed E-state index contributed by atoms with van der Waals surface area (Å²) in [6.45, 7) is -0.0615. The van der Waals surface area contributed by atoms with Gasteiger partial charge < -0.3 is 25.2 Å². The maximum absolute atomic E-state index is 13.1. The molecule has 0 aliphatic heterocycles. The highest BCUT2D eigenvalue weighted by atomic mass is 19.4. The first-order valence-corrected chi connectivity index (χ1v) is 11.8. The van der Waals surface area contributed by atoms with Crippen LogP contribution in [0.5, 0.6) is 11.5 Å². The van der Waals surface area contributed by atoms with Crippen molar-refractivity contribution in [3.05, 3.63) is 95.6 Å². The SMILES string of the molecule is O=C(O)CCCNC(=O)NC(Cc1ccccc1)(c1cccc(OC(F)(F)F)c1)c1cccc(OC(F)(F)F)c1. The summed E-state index contributed by atoms with van der Waals surface area (Å²) in [5, 5.41) is 14.0. The number of amides is 2. The Kier molecular flexibility index (Phi) is 9.51. The normalized spacial score (nSPS) is 11.9. The molecule has 0 unspecified atom stereocenters. The molecule has 0 aliphatic rings. The number of aliphatic carboxylic acids is 1. The van der Waals surface area contributed by atoms with E-state index in [4.69, 9.17) is 5.11 Å². The summed E-state index contributed by atoms with van der Waals surface area (Å²) in [4.78, 5) is 23.9. The van der Waals surface area contributed by atoms with Crippen molar-refractivity contribution in [2.24, 2.45) is 0 Å². The third-order valence-electron chi connectivity index (χ3n) is 5.61. The number of carbonyl (C=O) groups excluding carboxylic acids is 1. The Morgan fingerprint density at radius 2 is 1.27 bits per heavy atom. The first kappa shape index (κ1) is 30.1. The molecule has 0 saturated heterocycles. The highest BCUT2D eigenvalue weighted by Crippen LogP contribution is 2.38. The van der Waals surface area contributed by atoms with Crippen molar-refractivity contribution in [2.45, 2.75) is 37.5 Å². The smallest absolute Gasteiger partial charge is 0.481 e. The van der Waals surface area contributed by atoms with Gasteiger partial charge in [0.15, 0.2) is 0 Å². The summed E-state index contributed by atoms with van der Waals surface area (Å²) in [6.07, 6.45) is -10.3. The molecule has 3 aromatic carbocycles. The second kappa shape index (κ2) is 12.6. The van der Waals surface area contributed by atoms with Gasteiger partial charge in [-0.2, -0.15) is 0 Å².